The first kappa shape index (κ1) is 19.2. The third-order valence-corrected chi connectivity index (χ3v) is 6.53. The van der Waals surface area contributed by atoms with Gasteiger partial charge in [0.05, 0.1) is 28.9 Å². The molecule has 0 spiro atoms. The molecule has 0 aliphatic carbocycles. The summed E-state index contributed by atoms with van der Waals surface area (Å²) in [6.45, 7) is 3.74. The number of sulfonamides is 1. The number of rotatable bonds is 4. The van der Waals surface area contributed by atoms with Gasteiger partial charge in [-0.1, -0.05) is 12.1 Å². The Balaban J connectivity index is 1.99. The van der Waals surface area contributed by atoms with Crippen molar-refractivity contribution in [2.45, 2.75) is 13.8 Å². The fourth-order valence-electron chi connectivity index (χ4n) is 2.66. The molecule has 0 fully saturated rings. The predicted octanol–water partition coefficient (Wildman–Crippen LogP) is 2.58. The summed E-state index contributed by atoms with van der Waals surface area (Å²) in [5.41, 5.74) is 4.16. The molecule has 7 nitrogen and oxygen atoms in total. The van der Waals surface area contributed by atoms with Gasteiger partial charge in [0.25, 0.3) is 5.56 Å². The van der Waals surface area contributed by atoms with Gasteiger partial charge in [-0.25, -0.2) is 18.1 Å². The maximum absolute atomic E-state index is 12.5. The predicted molar refractivity (Wildman–Crippen MR) is 109 cm³/mol. The number of thiazole rings is 1. The Morgan fingerprint density at radius 1 is 1.15 bits per heavy atom. The zero-order valence-corrected chi connectivity index (χ0v) is 17.3. The largest absolute Gasteiger partial charge is 0.277 e. The second-order valence-electron chi connectivity index (χ2n) is 6.33. The number of aryl methyl sites for hydroxylation is 2. The first-order valence-electron chi connectivity index (χ1n) is 8.14. The van der Waals surface area contributed by atoms with Gasteiger partial charge in [0.1, 0.15) is 5.01 Å². The molecule has 0 atom stereocenters. The van der Waals surface area contributed by atoms with Crippen molar-refractivity contribution in [3.63, 3.8) is 0 Å². The lowest BCUT2D eigenvalue weighted by Gasteiger charge is -2.16. The second-order valence-corrected chi connectivity index (χ2v) is 9.20. The van der Waals surface area contributed by atoms with Gasteiger partial charge < -0.3 is 0 Å². The maximum atomic E-state index is 12.5. The molecule has 2 heterocycles. The number of nitrogens with zero attached hydrogens (tertiary/aromatic N) is 4. The van der Waals surface area contributed by atoms with Gasteiger partial charge in [-0.15, -0.1) is 11.3 Å². The molecule has 142 valence electrons. The van der Waals surface area contributed by atoms with Crippen LogP contribution in [-0.4, -0.2) is 36.5 Å². The summed E-state index contributed by atoms with van der Waals surface area (Å²) in [7, 11) is -0.168. The molecule has 0 aliphatic heterocycles. The van der Waals surface area contributed by atoms with Crippen LogP contribution >= 0.6 is 11.3 Å². The Morgan fingerprint density at radius 2 is 1.78 bits per heavy atom. The van der Waals surface area contributed by atoms with Crippen LogP contribution in [-0.2, 0) is 17.1 Å². The van der Waals surface area contributed by atoms with Crippen LogP contribution in [0.5, 0.6) is 0 Å². The summed E-state index contributed by atoms with van der Waals surface area (Å²) in [5, 5.41) is 6.73. The van der Waals surface area contributed by atoms with Crippen molar-refractivity contribution in [1.82, 2.24) is 14.8 Å². The zero-order chi connectivity index (χ0) is 19.9. The average Bonchev–Trinajstić information content (AvgIpc) is 3.09. The Kier molecular flexibility index (Phi) is 4.92. The summed E-state index contributed by atoms with van der Waals surface area (Å²) in [5.74, 6) is 0. The van der Waals surface area contributed by atoms with Crippen LogP contribution in [0.25, 0.3) is 21.8 Å². The van der Waals surface area contributed by atoms with Crippen molar-refractivity contribution in [2.75, 3.05) is 17.6 Å². The number of anilines is 1. The fraction of sp³-hybridized carbons (Fsp3) is 0.278. The van der Waals surface area contributed by atoms with E-state index < -0.39 is 10.0 Å². The van der Waals surface area contributed by atoms with Gasteiger partial charge in [-0.05, 0) is 31.5 Å². The molecule has 1 aromatic carbocycles. The molecule has 0 unspecified atom stereocenters. The van der Waals surface area contributed by atoms with E-state index in [1.165, 1.54) is 27.4 Å². The highest BCUT2D eigenvalue weighted by molar-refractivity contribution is 7.92. The van der Waals surface area contributed by atoms with E-state index in [0.717, 1.165) is 28.8 Å². The molecule has 0 amide bonds. The van der Waals surface area contributed by atoms with Crippen LogP contribution in [0.2, 0.25) is 0 Å². The van der Waals surface area contributed by atoms with Crippen LogP contribution < -0.4 is 9.86 Å². The molecule has 2 aromatic heterocycles. The lowest BCUT2D eigenvalue weighted by Crippen LogP contribution is -2.24. The van der Waals surface area contributed by atoms with Crippen LogP contribution in [0, 0.1) is 13.8 Å². The molecule has 0 aliphatic rings. The molecule has 0 N–H and O–H groups in total. The minimum atomic E-state index is -3.31. The molecule has 3 aromatic rings. The SMILES string of the molecule is Cc1nn(C)c(=O)c(-c2nc(-c3ccc(N(C)S(C)(=O)=O)cc3)cs2)c1C. The molecular weight excluding hydrogens is 384 g/mol. The summed E-state index contributed by atoms with van der Waals surface area (Å²) >= 11 is 1.40. The number of hydrogen-bond acceptors (Lipinski definition) is 6. The van der Waals surface area contributed by atoms with Gasteiger partial charge in [-0.2, -0.15) is 5.10 Å². The van der Waals surface area contributed by atoms with Gasteiger partial charge in [0, 0.05) is 25.0 Å². The van der Waals surface area contributed by atoms with Crippen LogP contribution in [0.15, 0.2) is 34.4 Å². The standard InChI is InChI=1S/C18H20N4O3S2/c1-11-12(2)20-21(3)18(23)16(11)17-19-15(10-26-17)13-6-8-14(9-7-13)22(4)27(5,24)25/h6-10H,1-5H3. The Hall–Kier alpha value is -2.52. The molecule has 0 radical (unpaired) electrons. The quantitative estimate of drug-likeness (QED) is 0.667. The fourth-order valence-corrected chi connectivity index (χ4v) is 4.08. The highest BCUT2D eigenvalue weighted by Crippen LogP contribution is 2.30. The van der Waals surface area contributed by atoms with Gasteiger partial charge in [0.15, 0.2) is 0 Å². The summed E-state index contributed by atoms with van der Waals surface area (Å²) in [6.07, 6.45) is 1.16. The minimum absolute atomic E-state index is 0.177. The summed E-state index contributed by atoms with van der Waals surface area (Å²) in [4.78, 5) is 17.1. The molecule has 0 bridgehead atoms. The molecule has 3 rings (SSSR count). The van der Waals surface area contributed by atoms with Crippen molar-refractivity contribution in [3.8, 4) is 21.8 Å². The average molecular weight is 405 g/mol. The first-order chi connectivity index (χ1) is 12.6. The van der Waals surface area contributed by atoms with E-state index >= 15 is 0 Å². The van der Waals surface area contributed by atoms with Gasteiger partial charge in [0.2, 0.25) is 10.0 Å². The first-order valence-corrected chi connectivity index (χ1v) is 10.9. The summed E-state index contributed by atoms with van der Waals surface area (Å²) in [6, 6.07) is 7.10. The molecule has 0 saturated carbocycles. The molecule has 0 saturated heterocycles. The normalized spacial score (nSPS) is 11.6. The highest BCUT2D eigenvalue weighted by Gasteiger charge is 2.17. The minimum Gasteiger partial charge on any atom is -0.274 e. The maximum Gasteiger partial charge on any atom is 0.277 e. The monoisotopic (exact) mass is 404 g/mol. The van der Waals surface area contributed by atoms with Crippen molar-refractivity contribution in [3.05, 3.63) is 51.3 Å². The van der Waals surface area contributed by atoms with E-state index in [1.807, 2.05) is 31.4 Å². The molecular formula is C18H20N4O3S2. The number of aromatic nitrogens is 3. The second kappa shape index (κ2) is 6.90. The van der Waals surface area contributed by atoms with Crippen molar-refractivity contribution >= 4 is 27.0 Å². The lowest BCUT2D eigenvalue weighted by atomic mass is 10.1. The van der Waals surface area contributed by atoms with Crippen molar-refractivity contribution < 1.29 is 8.42 Å². The van der Waals surface area contributed by atoms with E-state index in [0.29, 0.717) is 16.3 Å². The van der Waals surface area contributed by atoms with Crippen molar-refractivity contribution in [2.24, 2.45) is 7.05 Å². The number of hydrogen-bond donors (Lipinski definition) is 0. The summed E-state index contributed by atoms with van der Waals surface area (Å²) < 4.78 is 25.8. The van der Waals surface area contributed by atoms with E-state index in [-0.39, 0.29) is 5.56 Å². The third kappa shape index (κ3) is 3.65. The lowest BCUT2D eigenvalue weighted by molar-refractivity contribution is 0.600. The Morgan fingerprint density at radius 3 is 2.37 bits per heavy atom. The van der Waals surface area contributed by atoms with Crippen molar-refractivity contribution in [1.29, 1.82) is 0 Å². The van der Waals surface area contributed by atoms with Crippen LogP contribution in [0.1, 0.15) is 11.3 Å². The Labute approximate surface area is 162 Å². The molecule has 9 heteroatoms. The van der Waals surface area contributed by atoms with Gasteiger partial charge >= 0.3 is 0 Å². The van der Waals surface area contributed by atoms with Crippen LogP contribution in [0.4, 0.5) is 5.69 Å². The highest BCUT2D eigenvalue weighted by atomic mass is 32.2. The zero-order valence-electron chi connectivity index (χ0n) is 15.7. The topological polar surface area (TPSA) is 85.2 Å². The van der Waals surface area contributed by atoms with E-state index in [1.54, 1.807) is 19.2 Å². The van der Waals surface area contributed by atoms with Gasteiger partial charge in [-0.3, -0.25) is 9.10 Å². The third-order valence-electron chi connectivity index (χ3n) is 4.47. The van der Waals surface area contributed by atoms with E-state index in [2.05, 4.69) is 10.1 Å². The smallest absolute Gasteiger partial charge is 0.274 e. The van der Waals surface area contributed by atoms with E-state index in [4.69, 9.17) is 0 Å². The Bertz CT molecular complexity index is 1160. The molecule has 27 heavy (non-hydrogen) atoms. The van der Waals surface area contributed by atoms with Crippen LogP contribution in [0.3, 0.4) is 0 Å². The number of benzene rings is 1. The van der Waals surface area contributed by atoms with E-state index in [9.17, 15) is 13.2 Å².